The summed E-state index contributed by atoms with van der Waals surface area (Å²) in [7, 11) is 4.18. The Labute approximate surface area is 128 Å². The summed E-state index contributed by atoms with van der Waals surface area (Å²) in [6.07, 6.45) is 16.7. The molecule has 0 N–H and O–H groups in total. The molecule has 0 radical (unpaired) electrons. The van der Waals surface area contributed by atoms with Gasteiger partial charge in [0.1, 0.15) is 6.23 Å². The van der Waals surface area contributed by atoms with Crippen LogP contribution in [-0.2, 0) is 4.74 Å². The lowest BCUT2D eigenvalue weighted by Gasteiger charge is -2.23. The molecule has 0 fully saturated rings. The van der Waals surface area contributed by atoms with Crippen molar-refractivity contribution >= 4 is 0 Å². The van der Waals surface area contributed by atoms with Crippen molar-refractivity contribution in [3.05, 3.63) is 0 Å². The maximum absolute atomic E-state index is 5.86. The van der Waals surface area contributed by atoms with Crippen LogP contribution in [0.15, 0.2) is 0 Å². The zero-order valence-corrected chi connectivity index (χ0v) is 14.6. The molecular weight excluding hydrogens is 246 g/mol. The SMILES string of the molecule is CCCCCCCCCCCCCOC(CC)N(C)C. The lowest BCUT2D eigenvalue weighted by molar-refractivity contribution is -0.0391. The topological polar surface area (TPSA) is 12.5 Å². The third-order valence-corrected chi connectivity index (χ3v) is 3.98. The highest BCUT2D eigenvalue weighted by Gasteiger charge is 2.07. The van der Waals surface area contributed by atoms with E-state index in [9.17, 15) is 0 Å². The lowest BCUT2D eigenvalue weighted by Crippen LogP contribution is -2.30. The Morgan fingerprint density at radius 1 is 0.700 bits per heavy atom. The molecule has 0 saturated carbocycles. The van der Waals surface area contributed by atoms with Crippen molar-refractivity contribution in [1.82, 2.24) is 4.90 Å². The van der Waals surface area contributed by atoms with Gasteiger partial charge in [-0.05, 0) is 26.9 Å². The van der Waals surface area contributed by atoms with E-state index in [1.165, 1.54) is 70.6 Å². The molecule has 0 aromatic heterocycles. The fraction of sp³-hybridized carbons (Fsp3) is 1.00. The first kappa shape index (κ1) is 19.9. The molecule has 0 bridgehead atoms. The minimum absolute atomic E-state index is 0.304. The number of hydrogen-bond acceptors (Lipinski definition) is 2. The standard InChI is InChI=1S/C18H39NO/c1-5-7-8-9-10-11-12-13-14-15-16-17-20-18(6-2)19(3)4/h18H,5-17H2,1-4H3. The fourth-order valence-corrected chi connectivity index (χ4v) is 2.62. The second-order valence-corrected chi connectivity index (χ2v) is 6.23. The highest BCUT2D eigenvalue weighted by molar-refractivity contribution is 4.52. The molecule has 0 rings (SSSR count). The molecular formula is C18H39NO. The lowest BCUT2D eigenvalue weighted by atomic mass is 10.1. The van der Waals surface area contributed by atoms with Crippen LogP contribution in [-0.4, -0.2) is 31.8 Å². The van der Waals surface area contributed by atoms with E-state index in [1.54, 1.807) is 0 Å². The van der Waals surface area contributed by atoms with Gasteiger partial charge < -0.3 is 4.74 Å². The van der Waals surface area contributed by atoms with Gasteiger partial charge in [0.25, 0.3) is 0 Å². The number of unbranched alkanes of at least 4 members (excludes halogenated alkanes) is 10. The predicted molar refractivity (Wildman–Crippen MR) is 90.2 cm³/mol. The number of nitrogens with zero attached hydrogens (tertiary/aromatic N) is 1. The van der Waals surface area contributed by atoms with Crippen molar-refractivity contribution in [3.63, 3.8) is 0 Å². The summed E-state index contributed by atoms with van der Waals surface area (Å²) in [5, 5.41) is 0. The molecule has 20 heavy (non-hydrogen) atoms. The average Bonchev–Trinajstić information content (AvgIpc) is 2.43. The Hall–Kier alpha value is -0.0800. The summed E-state index contributed by atoms with van der Waals surface area (Å²) in [6, 6.07) is 0. The van der Waals surface area contributed by atoms with E-state index in [0.717, 1.165) is 13.0 Å². The van der Waals surface area contributed by atoms with Gasteiger partial charge in [0.2, 0.25) is 0 Å². The van der Waals surface area contributed by atoms with Gasteiger partial charge in [-0.25, -0.2) is 0 Å². The highest BCUT2D eigenvalue weighted by Crippen LogP contribution is 2.11. The third-order valence-electron chi connectivity index (χ3n) is 3.98. The third kappa shape index (κ3) is 12.9. The van der Waals surface area contributed by atoms with Crippen LogP contribution in [0.5, 0.6) is 0 Å². The molecule has 0 aliphatic rings. The molecule has 2 heteroatoms. The van der Waals surface area contributed by atoms with Crippen LogP contribution in [0.2, 0.25) is 0 Å². The minimum atomic E-state index is 0.304. The number of rotatable bonds is 15. The summed E-state index contributed by atoms with van der Waals surface area (Å²) >= 11 is 0. The molecule has 0 aliphatic heterocycles. The van der Waals surface area contributed by atoms with Crippen molar-refractivity contribution in [2.45, 2.75) is 97.1 Å². The van der Waals surface area contributed by atoms with Crippen LogP contribution in [0.3, 0.4) is 0 Å². The zero-order chi connectivity index (χ0) is 15.1. The van der Waals surface area contributed by atoms with Crippen LogP contribution < -0.4 is 0 Å². The van der Waals surface area contributed by atoms with Gasteiger partial charge in [0, 0.05) is 6.61 Å². The van der Waals surface area contributed by atoms with E-state index in [1.807, 2.05) is 0 Å². The van der Waals surface area contributed by atoms with Gasteiger partial charge in [0.15, 0.2) is 0 Å². The maximum Gasteiger partial charge on any atom is 0.109 e. The van der Waals surface area contributed by atoms with E-state index in [0.29, 0.717) is 6.23 Å². The Kier molecular flexibility index (Phi) is 15.3. The highest BCUT2D eigenvalue weighted by atomic mass is 16.5. The summed E-state index contributed by atoms with van der Waals surface area (Å²) < 4.78 is 5.86. The molecule has 122 valence electrons. The fourth-order valence-electron chi connectivity index (χ4n) is 2.62. The van der Waals surface area contributed by atoms with Crippen LogP contribution >= 0.6 is 0 Å². The number of hydrogen-bond donors (Lipinski definition) is 0. The molecule has 0 amide bonds. The van der Waals surface area contributed by atoms with Crippen LogP contribution in [0.4, 0.5) is 0 Å². The average molecular weight is 286 g/mol. The Morgan fingerprint density at radius 3 is 1.55 bits per heavy atom. The van der Waals surface area contributed by atoms with Crippen molar-refractivity contribution in [1.29, 1.82) is 0 Å². The first-order valence-electron chi connectivity index (χ1n) is 9.00. The van der Waals surface area contributed by atoms with Gasteiger partial charge in [-0.1, -0.05) is 78.1 Å². The maximum atomic E-state index is 5.86. The predicted octanol–water partition coefficient (Wildman–Crippen LogP) is 5.61. The molecule has 0 aromatic rings. The van der Waals surface area contributed by atoms with Crippen molar-refractivity contribution in [2.75, 3.05) is 20.7 Å². The summed E-state index contributed by atoms with van der Waals surface area (Å²) in [5.74, 6) is 0. The van der Waals surface area contributed by atoms with Gasteiger partial charge in [-0.2, -0.15) is 0 Å². The molecule has 0 heterocycles. The minimum Gasteiger partial charge on any atom is -0.363 e. The molecule has 0 aromatic carbocycles. The quantitative estimate of drug-likeness (QED) is 0.286. The smallest absolute Gasteiger partial charge is 0.109 e. The van der Waals surface area contributed by atoms with Crippen molar-refractivity contribution < 1.29 is 4.74 Å². The monoisotopic (exact) mass is 285 g/mol. The molecule has 0 spiro atoms. The van der Waals surface area contributed by atoms with E-state index in [4.69, 9.17) is 4.74 Å². The van der Waals surface area contributed by atoms with E-state index >= 15 is 0 Å². The van der Waals surface area contributed by atoms with E-state index < -0.39 is 0 Å². The Morgan fingerprint density at radius 2 is 1.15 bits per heavy atom. The Balaban J connectivity index is 3.13. The van der Waals surface area contributed by atoms with Gasteiger partial charge in [0.05, 0.1) is 0 Å². The molecule has 2 nitrogen and oxygen atoms in total. The van der Waals surface area contributed by atoms with Crippen molar-refractivity contribution in [2.24, 2.45) is 0 Å². The van der Waals surface area contributed by atoms with Crippen LogP contribution in [0, 0.1) is 0 Å². The first-order chi connectivity index (χ1) is 9.72. The normalized spacial score (nSPS) is 13.1. The van der Waals surface area contributed by atoms with E-state index in [2.05, 4.69) is 32.8 Å². The molecule has 0 aliphatic carbocycles. The van der Waals surface area contributed by atoms with E-state index in [-0.39, 0.29) is 0 Å². The largest absolute Gasteiger partial charge is 0.363 e. The van der Waals surface area contributed by atoms with Crippen LogP contribution in [0.25, 0.3) is 0 Å². The zero-order valence-electron chi connectivity index (χ0n) is 14.6. The summed E-state index contributed by atoms with van der Waals surface area (Å²) in [6.45, 7) is 5.39. The molecule has 1 atom stereocenters. The molecule has 0 saturated heterocycles. The van der Waals surface area contributed by atoms with Crippen molar-refractivity contribution in [3.8, 4) is 0 Å². The van der Waals surface area contributed by atoms with Crippen LogP contribution in [0.1, 0.15) is 90.9 Å². The summed E-state index contributed by atoms with van der Waals surface area (Å²) in [5.41, 5.74) is 0. The van der Waals surface area contributed by atoms with Gasteiger partial charge in [-0.3, -0.25) is 4.90 Å². The second kappa shape index (κ2) is 15.3. The Bertz CT molecular complexity index is 182. The first-order valence-corrected chi connectivity index (χ1v) is 9.00. The summed E-state index contributed by atoms with van der Waals surface area (Å²) in [4.78, 5) is 2.17. The second-order valence-electron chi connectivity index (χ2n) is 6.23. The molecule has 1 unspecified atom stereocenters. The number of ether oxygens (including phenoxy) is 1. The van der Waals surface area contributed by atoms with Gasteiger partial charge in [-0.15, -0.1) is 0 Å². The van der Waals surface area contributed by atoms with Gasteiger partial charge >= 0.3 is 0 Å².